The third-order valence-electron chi connectivity index (χ3n) is 3.52. The zero-order chi connectivity index (χ0) is 18.9. The molecule has 0 spiro atoms. The highest BCUT2D eigenvalue weighted by Gasteiger charge is 2.18. The maximum atomic E-state index is 12.7. The zero-order valence-corrected chi connectivity index (χ0v) is 15.0. The number of hydrogen-bond donors (Lipinski definition) is 1. The van der Waals surface area contributed by atoms with Crippen LogP contribution < -0.4 is 15.0 Å². The Bertz CT molecular complexity index is 763. The van der Waals surface area contributed by atoms with E-state index < -0.39 is 12.2 Å². The fraction of sp³-hybridized carbons (Fsp3) is 0.263. The third-order valence-corrected chi connectivity index (χ3v) is 3.52. The van der Waals surface area contributed by atoms with Crippen LogP contribution in [-0.4, -0.2) is 39.6 Å². The number of aryl methyl sites for hydroxylation is 1. The van der Waals surface area contributed by atoms with Crippen LogP contribution in [0.5, 0.6) is 5.75 Å². The molecule has 0 saturated heterocycles. The highest BCUT2D eigenvalue weighted by molar-refractivity contribution is 5.90. The van der Waals surface area contributed by atoms with E-state index in [0.29, 0.717) is 24.6 Å². The molecular formula is C19H22N2O5. The summed E-state index contributed by atoms with van der Waals surface area (Å²) in [5.74, 6) is 0.305. The summed E-state index contributed by atoms with van der Waals surface area (Å²) in [6.07, 6.45) is -1.14. The fourth-order valence-corrected chi connectivity index (χ4v) is 2.27. The Labute approximate surface area is 152 Å². The van der Waals surface area contributed by atoms with Crippen molar-refractivity contribution < 1.29 is 23.8 Å². The minimum absolute atomic E-state index is 0.305. The van der Waals surface area contributed by atoms with E-state index in [1.807, 2.05) is 31.2 Å². The lowest BCUT2D eigenvalue weighted by Gasteiger charge is -2.22. The monoisotopic (exact) mass is 358 g/mol. The number of hydrogen-bond acceptors (Lipinski definition) is 5. The number of carbonyl (C=O) groups is 2. The number of amides is 2. The summed E-state index contributed by atoms with van der Waals surface area (Å²) < 4.78 is 15.1. The second kappa shape index (κ2) is 9.43. The highest BCUT2D eigenvalue weighted by atomic mass is 16.6. The second-order valence-corrected chi connectivity index (χ2v) is 5.50. The first-order chi connectivity index (χ1) is 12.5. The van der Waals surface area contributed by atoms with Crippen LogP contribution in [0.2, 0.25) is 0 Å². The van der Waals surface area contributed by atoms with Crippen molar-refractivity contribution in [1.29, 1.82) is 0 Å². The first-order valence-electron chi connectivity index (χ1n) is 8.03. The lowest BCUT2D eigenvalue weighted by molar-refractivity contribution is 0.187. The van der Waals surface area contributed by atoms with E-state index in [1.54, 1.807) is 31.4 Å². The van der Waals surface area contributed by atoms with E-state index in [-0.39, 0.29) is 0 Å². The SMILES string of the molecule is COCCN(C(=O)Oc1cccc(NC(=O)OC)c1)c1cccc(C)c1. The highest BCUT2D eigenvalue weighted by Crippen LogP contribution is 2.21. The lowest BCUT2D eigenvalue weighted by atomic mass is 10.2. The predicted octanol–water partition coefficient (Wildman–Crippen LogP) is 3.83. The third kappa shape index (κ3) is 5.49. The Hall–Kier alpha value is -3.06. The van der Waals surface area contributed by atoms with Crippen LogP contribution in [0.3, 0.4) is 0 Å². The Morgan fingerprint density at radius 3 is 2.54 bits per heavy atom. The van der Waals surface area contributed by atoms with Crippen molar-refractivity contribution >= 4 is 23.6 Å². The van der Waals surface area contributed by atoms with Gasteiger partial charge in [0, 0.05) is 24.6 Å². The number of carbonyl (C=O) groups excluding carboxylic acids is 2. The van der Waals surface area contributed by atoms with Gasteiger partial charge in [0.25, 0.3) is 0 Å². The molecule has 0 saturated carbocycles. The molecule has 7 nitrogen and oxygen atoms in total. The Balaban J connectivity index is 2.16. The molecule has 26 heavy (non-hydrogen) atoms. The van der Waals surface area contributed by atoms with Crippen LogP contribution in [0, 0.1) is 6.92 Å². The van der Waals surface area contributed by atoms with Gasteiger partial charge in [-0.3, -0.25) is 10.2 Å². The average molecular weight is 358 g/mol. The van der Waals surface area contributed by atoms with Gasteiger partial charge in [0.15, 0.2) is 0 Å². The van der Waals surface area contributed by atoms with Gasteiger partial charge in [-0.1, -0.05) is 18.2 Å². The summed E-state index contributed by atoms with van der Waals surface area (Å²) >= 11 is 0. The van der Waals surface area contributed by atoms with E-state index in [2.05, 4.69) is 10.1 Å². The van der Waals surface area contributed by atoms with Crippen molar-refractivity contribution in [3.8, 4) is 5.75 Å². The molecule has 0 aliphatic rings. The summed E-state index contributed by atoms with van der Waals surface area (Å²) in [7, 11) is 2.84. The molecule has 1 N–H and O–H groups in total. The van der Waals surface area contributed by atoms with Crippen LogP contribution in [0.4, 0.5) is 21.0 Å². The van der Waals surface area contributed by atoms with E-state index >= 15 is 0 Å². The zero-order valence-electron chi connectivity index (χ0n) is 15.0. The van der Waals surface area contributed by atoms with Gasteiger partial charge < -0.3 is 14.2 Å². The molecule has 7 heteroatoms. The van der Waals surface area contributed by atoms with Gasteiger partial charge in [0.05, 0.1) is 20.3 Å². The summed E-state index contributed by atoms with van der Waals surface area (Å²) in [6.45, 7) is 2.66. The summed E-state index contributed by atoms with van der Waals surface area (Å²) in [6, 6.07) is 14.1. The standard InChI is InChI=1S/C19H22N2O5/c1-14-6-4-8-16(12-14)21(10-11-24-2)19(23)26-17-9-5-7-15(13-17)20-18(22)25-3/h4-9,12-13H,10-11H2,1-3H3,(H,20,22). The van der Waals surface area contributed by atoms with Crippen molar-refractivity contribution in [2.45, 2.75) is 6.92 Å². The molecule has 138 valence electrons. The number of nitrogens with one attached hydrogen (secondary N) is 1. The van der Waals surface area contributed by atoms with Gasteiger partial charge in [-0.15, -0.1) is 0 Å². The van der Waals surface area contributed by atoms with Crippen molar-refractivity contribution in [1.82, 2.24) is 0 Å². The maximum Gasteiger partial charge on any atom is 0.419 e. The van der Waals surface area contributed by atoms with Gasteiger partial charge >= 0.3 is 12.2 Å². The van der Waals surface area contributed by atoms with E-state index in [4.69, 9.17) is 9.47 Å². The first-order valence-corrected chi connectivity index (χ1v) is 8.03. The predicted molar refractivity (Wildman–Crippen MR) is 98.9 cm³/mol. The number of methoxy groups -OCH3 is 2. The Morgan fingerprint density at radius 1 is 1.08 bits per heavy atom. The molecule has 0 aromatic heterocycles. The van der Waals surface area contributed by atoms with E-state index in [0.717, 1.165) is 11.3 Å². The smallest absolute Gasteiger partial charge is 0.419 e. The molecule has 0 fully saturated rings. The van der Waals surface area contributed by atoms with E-state index in [9.17, 15) is 9.59 Å². The van der Waals surface area contributed by atoms with Crippen molar-refractivity contribution in [2.24, 2.45) is 0 Å². The van der Waals surface area contributed by atoms with Crippen LogP contribution in [0.25, 0.3) is 0 Å². The molecule has 0 radical (unpaired) electrons. The molecule has 0 bridgehead atoms. The summed E-state index contributed by atoms with van der Waals surface area (Å²) in [5, 5.41) is 2.52. The molecule has 2 amide bonds. The summed E-state index contributed by atoms with van der Waals surface area (Å²) in [4.78, 5) is 25.4. The quantitative estimate of drug-likeness (QED) is 0.849. The van der Waals surface area contributed by atoms with Gasteiger partial charge in [-0.05, 0) is 36.8 Å². The molecule has 2 aromatic rings. The molecule has 2 aromatic carbocycles. The summed E-state index contributed by atoms with van der Waals surface area (Å²) in [5.41, 5.74) is 2.21. The maximum absolute atomic E-state index is 12.7. The molecule has 0 atom stereocenters. The van der Waals surface area contributed by atoms with Crippen LogP contribution >= 0.6 is 0 Å². The number of benzene rings is 2. The first kappa shape index (κ1) is 19.3. The number of nitrogens with zero attached hydrogens (tertiary/aromatic N) is 1. The normalized spacial score (nSPS) is 10.1. The largest absolute Gasteiger partial charge is 0.453 e. The van der Waals surface area contributed by atoms with Crippen molar-refractivity contribution in [3.05, 3.63) is 54.1 Å². The van der Waals surface area contributed by atoms with Crippen LogP contribution in [0.15, 0.2) is 48.5 Å². The van der Waals surface area contributed by atoms with Gasteiger partial charge in [0.1, 0.15) is 5.75 Å². The van der Waals surface area contributed by atoms with Crippen LogP contribution in [-0.2, 0) is 9.47 Å². The minimum atomic E-state index is -0.602. The number of rotatable bonds is 6. The number of ether oxygens (including phenoxy) is 3. The number of anilines is 2. The Morgan fingerprint density at radius 2 is 1.85 bits per heavy atom. The molecule has 0 aliphatic heterocycles. The van der Waals surface area contributed by atoms with Crippen molar-refractivity contribution in [2.75, 3.05) is 37.6 Å². The average Bonchev–Trinajstić information content (AvgIpc) is 2.62. The topological polar surface area (TPSA) is 77.1 Å². The van der Waals surface area contributed by atoms with Crippen LogP contribution in [0.1, 0.15) is 5.56 Å². The molecule has 0 aliphatic carbocycles. The van der Waals surface area contributed by atoms with Gasteiger partial charge in [0.2, 0.25) is 0 Å². The fourth-order valence-electron chi connectivity index (χ4n) is 2.27. The molecule has 0 unspecified atom stereocenters. The van der Waals surface area contributed by atoms with Gasteiger partial charge in [-0.25, -0.2) is 9.59 Å². The Kier molecular flexibility index (Phi) is 6.99. The second-order valence-electron chi connectivity index (χ2n) is 5.50. The minimum Gasteiger partial charge on any atom is -0.453 e. The van der Waals surface area contributed by atoms with Crippen molar-refractivity contribution in [3.63, 3.8) is 0 Å². The van der Waals surface area contributed by atoms with Gasteiger partial charge in [-0.2, -0.15) is 0 Å². The molecule has 0 heterocycles. The lowest BCUT2D eigenvalue weighted by Crippen LogP contribution is -2.36. The molecule has 2 rings (SSSR count). The molecular weight excluding hydrogens is 336 g/mol. The van der Waals surface area contributed by atoms with E-state index in [1.165, 1.54) is 12.0 Å².